The number of anilines is 1. The van der Waals surface area contributed by atoms with Gasteiger partial charge in [-0.2, -0.15) is 0 Å². The molecule has 1 aliphatic rings. The molecule has 7 heteroatoms. The minimum atomic E-state index is -0.603. The molecule has 0 saturated carbocycles. The third-order valence-corrected chi connectivity index (χ3v) is 3.24. The SMILES string of the molecule is CNC(=O)[C@H]1CCCN(c2cncc(C(N)=O)n2)C1. The van der Waals surface area contributed by atoms with Gasteiger partial charge in [-0.25, -0.2) is 4.98 Å². The van der Waals surface area contributed by atoms with E-state index >= 15 is 0 Å². The second-order valence-electron chi connectivity index (χ2n) is 4.53. The predicted molar refractivity (Wildman–Crippen MR) is 69.6 cm³/mol. The van der Waals surface area contributed by atoms with Crippen molar-refractivity contribution in [2.45, 2.75) is 12.8 Å². The Morgan fingerprint density at radius 3 is 2.95 bits per heavy atom. The number of carbonyl (C=O) groups excluding carboxylic acids is 2. The number of nitrogens with one attached hydrogen (secondary N) is 1. The van der Waals surface area contributed by atoms with Crippen LogP contribution in [0.4, 0.5) is 5.82 Å². The summed E-state index contributed by atoms with van der Waals surface area (Å²) in [6, 6.07) is 0. The number of rotatable bonds is 3. The predicted octanol–water partition coefficient (Wildman–Crippen LogP) is -0.462. The molecular weight excluding hydrogens is 246 g/mol. The number of aromatic nitrogens is 2. The number of nitrogens with zero attached hydrogens (tertiary/aromatic N) is 3. The molecule has 7 nitrogen and oxygen atoms in total. The van der Waals surface area contributed by atoms with Crippen molar-refractivity contribution in [3.8, 4) is 0 Å². The van der Waals surface area contributed by atoms with Crippen molar-refractivity contribution in [1.29, 1.82) is 0 Å². The highest BCUT2D eigenvalue weighted by atomic mass is 16.2. The Labute approximate surface area is 111 Å². The first kappa shape index (κ1) is 13.3. The molecule has 2 amide bonds. The van der Waals surface area contributed by atoms with Gasteiger partial charge in [0.05, 0.1) is 18.3 Å². The first-order valence-electron chi connectivity index (χ1n) is 6.20. The van der Waals surface area contributed by atoms with Crippen molar-refractivity contribution in [3.63, 3.8) is 0 Å². The molecule has 2 rings (SSSR count). The number of carbonyl (C=O) groups is 2. The third-order valence-electron chi connectivity index (χ3n) is 3.24. The van der Waals surface area contributed by atoms with Gasteiger partial charge in [0.2, 0.25) is 5.91 Å². The number of hydrogen-bond donors (Lipinski definition) is 2. The molecule has 0 radical (unpaired) electrons. The number of nitrogens with two attached hydrogens (primary N) is 1. The fourth-order valence-electron chi connectivity index (χ4n) is 2.23. The lowest BCUT2D eigenvalue weighted by Crippen LogP contribution is -2.42. The molecule has 0 bridgehead atoms. The lowest BCUT2D eigenvalue weighted by atomic mass is 9.97. The topological polar surface area (TPSA) is 101 Å². The van der Waals surface area contributed by atoms with Gasteiger partial charge in [-0.15, -0.1) is 0 Å². The number of piperidine rings is 1. The van der Waals surface area contributed by atoms with Crippen LogP contribution in [0.5, 0.6) is 0 Å². The molecule has 19 heavy (non-hydrogen) atoms. The molecule has 1 saturated heterocycles. The van der Waals surface area contributed by atoms with Gasteiger partial charge in [0.15, 0.2) is 0 Å². The van der Waals surface area contributed by atoms with Crippen LogP contribution in [-0.4, -0.2) is 41.9 Å². The van der Waals surface area contributed by atoms with E-state index in [-0.39, 0.29) is 17.5 Å². The van der Waals surface area contributed by atoms with Gasteiger partial charge in [0, 0.05) is 20.1 Å². The summed E-state index contributed by atoms with van der Waals surface area (Å²) < 4.78 is 0. The average Bonchev–Trinajstić information content (AvgIpc) is 2.46. The highest BCUT2D eigenvalue weighted by Gasteiger charge is 2.26. The Balaban J connectivity index is 2.15. The maximum Gasteiger partial charge on any atom is 0.268 e. The molecule has 1 aromatic rings. The lowest BCUT2D eigenvalue weighted by Gasteiger charge is -2.32. The fraction of sp³-hybridized carbons (Fsp3) is 0.500. The van der Waals surface area contributed by atoms with Crippen LogP contribution in [0.3, 0.4) is 0 Å². The van der Waals surface area contributed by atoms with Crippen molar-refractivity contribution in [2.75, 3.05) is 25.0 Å². The monoisotopic (exact) mass is 263 g/mol. The summed E-state index contributed by atoms with van der Waals surface area (Å²) in [7, 11) is 1.63. The quantitative estimate of drug-likeness (QED) is 0.768. The minimum Gasteiger partial charge on any atom is -0.364 e. The average molecular weight is 263 g/mol. The highest BCUT2D eigenvalue weighted by molar-refractivity contribution is 5.90. The maximum absolute atomic E-state index is 11.7. The molecule has 102 valence electrons. The van der Waals surface area contributed by atoms with Crippen LogP contribution < -0.4 is 16.0 Å². The second kappa shape index (κ2) is 5.64. The van der Waals surface area contributed by atoms with Gasteiger partial charge < -0.3 is 16.0 Å². The molecule has 0 unspecified atom stereocenters. The maximum atomic E-state index is 11.7. The van der Waals surface area contributed by atoms with Crippen LogP contribution in [0.2, 0.25) is 0 Å². The van der Waals surface area contributed by atoms with Gasteiger partial charge in [0.1, 0.15) is 11.5 Å². The zero-order valence-electron chi connectivity index (χ0n) is 10.8. The first-order valence-corrected chi connectivity index (χ1v) is 6.20. The number of primary amides is 1. The van der Waals surface area contributed by atoms with Gasteiger partial charge in [-0.05, 0) is 12.8 Å². The van der Waals surface area contributed by atoms with Crippen LogP contribution in [0, 0.1) is 5.92 Å². The van der Waals surface area contributed by atoms with Gasteiger partial charge in [-0.1, -0.05) is 0 Å². The van der Waals surface area contributed by atoms with Crippen LogP contribution >= 0.6 is 0 Å². The van der Waals surface area contributed by atoms with E-state index in [2.05, 4.69) is 15.3 Å². The van der Waals surface area contributed by atoms with E-state index in [1.54, 1.807) is 13.2 Å². The third kappa shape index (κ3) is 2.98. The molecule has 0 aliphatic carbocycles. The summed E-state index contributed by atoms with van der Waals surface area (Å²) in [4.78, 5) is 32.9. The minimum absolute atomic E-state index is 0.0312. The highest BCUT2D eigenvalue weighted by Crippen LogP contribution is 2.21. The molecule has 1 fully saturated rings. The summed E-state index contributed by atoms with van der Waals surface area (Å²) in [5.41, 5.74) is 5.32. The van der Waals surface area contributed by atoms with Crippen LogP contribution in [0.25, 0.3) is 0 Å². The standard InChI is InChI=1S/C12H17N5O2/c1-14-12(19)8-3-2-4-17(7-8)10-6-15-5-9(16-10)11(13)18/h5-6,8H,2-4,7H2,1H3,(H2,13,18)(H,14,19)/t8-/m0/s1. The molecule has 0 aromatic carbocycles. The van der Waals surface area contributed by atoms with E-state index in [1.807, 2.05) is 4.90 Å². The zero-order valence-corrected chi connectivity index (χ0v) is 10.8. The van der Waals surface area contributed by atoms with E-state index < -0.39 is 5.91 Å². The van der Waals surface area contributed by atoms with E-state index in [0.29, 0.717) is 12.4 Å². The Kier molecular flexibility index (Phi) is 3.94. The summed E-state index contributed by atoms with van der Waals surface area (Å²) in [5, 5.41) is 2.66. The summed E-state index contributed by atoms with van der Waals surface area (Å²) in [6.07, 6.45) is 4.68. The van der Waals surface area contributed by atoms with Gasteiger partial charge >= 0.3 is 0 Å². The molecule has 2 heterocycles. The second-order valence-corrected chi connectivity index (χ2v) is 4.53. The molecule has 0 spiro atoms. The number of hydrogen-bond acceptors (Lipinski definition) is 5. The molecule has 1 aliphatic heterocycles. The van der Waals surface area contributed by atoms with Crippen molar-refractivity contribution in [2.24, 2.45) is 11.7 Å². The van der Waals surface area contributed by atoms with E-state index in [1.165, 1.54) is 6.20 Å². The largest absolute Gasteiger partial charge is 0.364 e. The van der Waals surface area contributed by atoms with E-state index in [0.717, 1.165) is 19.4 Å². The van der Waals surface area contributed by atoms with Crippen molar-refractivity contribution in [1.82, 2.24) is 15.3 Å². The molecular formula is C12H17N5O2. The van der Waals surface area contributed by atoms with Crippen molar-refractivity contribution < 1.29 is 9.59 Å². The number of amides is 2. The Morgan fingerprint density at radius 1 is 1.47 bits per heavy atom. The lowest BCUT2D eigenvalue weighted by molar-refractivity contribution is -0.124. The van der Waals surface area contributed by atoms with E-state index in [4.69, 9.17) is 5.73 Å². The fourth-order valence-corrected chi connectivity index (χ4v) is 2.23. The Bertz CT molecular complexity index is 491. The van der Waals surface area contributed by atoms with Crippen LogP contribution in [0.15, 0.2) is 12.4 Å². The first-order chi connectivity index (χ1) is 9.11. The van der Waals surface area contributed by atoms with Gasteiger partial charge in [-0.3, -0.25) is 14.6 Å². The van der Waals surface area contributed by atoms with E-state index in [9.17, 15) is 9.59 Å². The van der Waals surface area contributed by atoms with Crippen LogP contribution in [0.1, 0.15) is 23.3 Å². The van der Waals surface area contributed by atoms with Crippen molar-refractivity contribution in [3.05, 3.63) is 18.1 Å². The molecule has 1 atom stereocenters. The molecule has 3 N–H and O–H groups in total. The smallest absolute Gasteiger partial charge is 0.268 e. The van der Waals surface area contributed by atoms with Crippen LogP contribution in [-0.2, 0) is 4.79 Å². The Hall–Kier alpha value is -2.18. The van der Waals surface area contributed by atoms with Gasteiger partial charge in [0.25, 0.3) is 5.91 Å². The van der Waals surface area contributed by atoms with Crippen molar-refractivity contribution >= 4 is 17.6 Å². The summed E-state index contributed by atoms with van der Waals surface area (Å²) in [6.45, 7) is 1.38. The zero-order chi connectivity index (χ0) is 13.8. The summed E-state index contributed by atoms with van der Waals surface area (Å²) >= 11 is 0. The Morgan fingerprint density at radius 2 is 2.26 bits per heavy atom. The normalized spacial score (nSPS) is 19.0. The molecule has 1 aromatic heterocycles. The summed E-state index contributed by atoms with van der Waals surface area (Å²) in [5.74, 6) is -0.0411.